The number of ketones is 1. The zero-order valence-electron chi connectivity index (χ0n) is 18.4. The predicted molar refractivity (Wildman–Crippen MR) is 129 cm³/mol. The van der Waals surface area contributed by atoms with Gasteiger partial charge in [-0.1, -0.05) is 11.6 Å². The molecule has 4 rings (SSSR count). The number of nitrogens with one attached hydrogen (secondary N) is 1. The van der Waals surface area contributed by atoms with Crippen molar-refractivity contribution < 1.29 is 22.4 Å². The lowest BCUT2D eigenvalue weighted by atomic mass is 10.1. The minimum atomic E-state index is -4.48. The van der Waals surface area contributed by atoms with Gasteiger partial charge in [0.1, 0.15) is 11.6 Å². The maximum absolute atomic E-state index is 13.0. The number of carbonyl (C=O) groups is 1. The van der Waals surface area contributed by atoms with E-state index in [1.54, 1.807) is 0 Å². The summed E-state index contributed by atoms with van der Waals surface area (Å²) in [6.45, 7) is 2.43. The molecule has 10 heteroatoms. The number of halogens is 5. The molecule has 182 valence electrons. The van der Waals surface area contributed by atoms with Crippen molar-refractivity contribution in [1.29, 1.82) is 0 Å². The molecule has 0 amide bonds. The highest BCUT2D eigenvalue weighted by atomic mass is 35.5. The van der Waals surface area contributed by atoms with Gasteiger partial charge in [0.05, 0.1) is 10.6 Å². The number of nitrogens with zero attached hydrogens (tertiary/aromatic N) is 3. The number of hydrogen-bond donors (Lipinski definition) is 1. The molecule has 0 saturated carbocycles. The van der Waals surface area contributed by atoms with E-state index in [2.05, 4.69) is 15.2 Å². The maximum atomic E-state index is 13.0. The zero-order chi connectivity index (χ0) is 25.0. The lowest BCUT2D eigenvalue weighted by Gasteiger charge is -2.37. The van der Waals surface area contributed by atoms with Crippen molar-refractivity contribution in [2.45, 2.75) is 6.18 Å². The van der Waals surface area contributed by atoms with Crippen LogP contribution in [0.5, 0.6) is 0 Å². The molecular weight excluding hydrogens is 484 g/mol. The van der Waals surface area contributed by atoms with Crippen LogP contribution < -0.4 is 15.1 Å². The molecule has 2 aromatic carbocycles. The second kappa shape index (κ2) is 10.4. The van der Waals surface area contributed by atoms with Gasteiger partial charge in [-0.3, -0.25) is 4.79 Å². The van der Waals surface area contributed by atoms with Gasteiger partial charge in [0.15, 0.2) is 5.78 Å². The minimum Gasteiger partial charge on any atom is -0.368 e. The Labute approximate surface area is 204 Å². The third-order valence-electron chi connectivity index (χ3n) is 5.57. The molecule has 0 radical (unpaired) electrons. The van der Waals surface area contributed by atoms with E-state index in [4.69, 9.17) is 11.6 Å². The molecule has 0 spiro atoms. The number of aromatic nitrogens is 1. The third-order valence-corrected chi connectivity index (χ3v) is 5.85. The van der Waals surface area contributed by atoms with Gasteiger partial charge in [-0.05, 0) is 54.6 Å². The second-order valence-electron chi connectivity index (χ2n) is 7.90. The number of pyridine rings is 1. The third kappa shape index (κ3) is 6.10. The van der Waals surface area contributed by atoms with Gasteiger partial charge >= 0.3 is 6.18 Å². The van der Waals surface area contributed by atoms with Crippen LogP contribution in [-0.4, -0.2) is 36.9 Å². The van der Waals surface area contributed by atoms with Crippen LogP contribution in [0.1, 0.15) is 15.9 Å². The lowest BCUT2D eigenvalue weighted by molar-refractivity contribution is -0.137. The fourth-order valence-electron chi connectivity index (χ4n) is 3.69. The Hall–Kier alpha value is -3.59. The topological polar surface area (TPSA) is 48.5 Å². The molecule has 0 bridgehead atoms. The number of hydrogen-bond acceptors (Lipinski definition) is 5. The van der Waals surface area contributed by atoms with Gasteiger partial charge in [-0.2, -0.15) is 13.2 Å². The highest BCUT2D eigenvalue weighted by Gasteiger charge is 2.32. The highest BCUT2D eigenvalue weighted by molar-refractivity contribution is 6.33. The molecule has 1 aliphatic heterocycles. The molecule has 0 atom stereocenters. The summed E-state index contributed by atoms with van der Waals surface area (Å²) in [4.78, 5) is 20.1. The summed E-state index contributed by atoms with van der Waals surface area (Å²) in [5, 5.41) is 3.01. The number of rotatable bonds is 6. The van der Waals surface area contributed by atoms with Crippen molar-refractivity contribution in [3.63, 3.8) is 0 Å². The molecule has 3 aromatic rings. The first-order chi connectivity index (χ1) is 16.7. The fraction of sp³-hybridized carbons (Fsp3) is 0.200. The van der Waals surface area contributed by atoms with E-state index in [1.807, 2.05) is 29.2 Å². The SMILES string of the molecule is O=C(/C=C/Nc1ccc(N2CCN(c3ncc(C(F)(F)F)cc3Cl)CC2)cc1)c1ccc(F)cc1. The van der Waals surface area contributed by atoms with Crippen LogP contribution in [0, 0.1) is 5.82 Å². The highest BCUT2D eigenvalue weighted by Crippen LogP contribution is 2.34. The Kier molecular flexibility index (Phi) is 7.25. The lowest BCUT2D eigenvalue weighted by Crippen LogP contribution is -2.47. The molecule has 1 N–H and O–H groups in total. The van der Waals surface area contributed by atoms with Gasteiger partial charge in [-0.25, -0.2) is 9.37 Å². The molecule has 1 aliphatic rings. The van der Waals surface area contributed by atoms with Crippen LogP contribution >= 0.6 is 11.6 Å². The van der Waals surface area contributed by atoms with Gasteiger partial charge in [0.25, 0.3) is 0 Å². The average molecular weight is 505 g/mol. The van der Waals surface area contributed by atoms with E-state index >= 15 is 0 Å². The average Bonchev–Trinajstić information content (AvgIpc) is 2.84. The molecule has 1 aromatic heterocycles. The van der Waals surface area contributed by atoms with Crippen LogP contribution in [0.2, 0.25) is 5.02 Å². The molecule has 5 nitrogen and oxygen atoms in total. The number of carbonyl (C=O) groups excluding carboxylic acids is 1. The molecule has 0 aliphatic carbocycles. The molecule has 1 saturated heterocycles. The maximum Gasteiger partial charge on any atom is 0.417 e. The normalized spacial score (nSPS) is 14.4. The van der Waals surface area contributed by atoms with Crippen molar-refractivity contribution in [3.05, 3.63) is 95.0 Å². The molecule has 0 unspecified atom stereocenters. The van der Waals surface area contributed by atoms with E-state index in [9.17, 15) is 22.4 Å². The summed E-state index contributed by atoms with van der Waals surface area (Å²) in [6.07, 6.45) is -0.773. The number of anilines is 3. The van der Waals surface area contributed by atoms with Crippen LogP contribution in [0.15, 0.2) is 73.1 Å². The summed E-state index contributed by atoms with van der Waals surface area (Å²) in [5.74, 6) is -0.291. The number of benzene rings is 2. The monoisotopic (exact) mass is 504 g/mol. The summed E-state index contributed by atoms with van der Waals surface area (Å²) in [5.41, 5.74) is 1.31. The minimum absolute atomic E-state index is 0.0188. The van der Waals surface area contributed by atoms with Crippen molar-refractivity contribution in [2.24, 2.45) is 0 Å². The van der Waals surface area contributed by atoms with Gasteiger partial charge in [-0.15, -0.1) is 0 Å². The number of allylic oxidation sites excluding steroid dienone is 1. The fourth-order valence-corrected chi connectivity index (χ4v) is 3.97. The first-order valence-corrected chi connectivity index (χ1v) is 11.1. The zero-order valence-corrected chi connectivity index (χ0v) is 19.2. The molecular formula is C25H21ClF4N4O. The second-order valence-corrected chi connectivity index (χ2v) is 8.30. The van der Waals surface area contributed by atoms with Gasteiger partial charge < -0.3 is 15.1 Å². The van der Waals surface area contributed by atoms with Crippen LogP contribution in [0.4, 0.5) is 34.8 Å². The van der Waals surface area contributed by atoms with E-state index in [1.165, 1.54) is 36.5 Å². The van der Waals surface area contributed by atoms with Gasteiger partial charge in [0.2, 0.25) is 0 Å². The first kappa shape index (κ1) is 24.5. The van der Waals surface area contributed by atoms with Crippen LogP contribution in [0.3, 0.4) is 0 Å². The van der Waals surface area contributed by atoms with Crippen molar-refractivity contribution in [1.82, 2.24) is 4.98 Å². The summed E-state index contributed by atoms with van der Waals surface area (Å²) >= 11 is 6.08. The van der Waals surface area contributed by atoms with Crippen molar-refractivity contribution >= 4 is 34.6 Å². The van der Waals surface area contributed by atoms with E-state index in [0.29, 0.717) is 37.6 Å². The first-order valence-electron chi connectivity index (χ1n) is 10.8. The number of alkyl halides is 3. The molecule has 35 heavy (non-hydrogen) atoms. The summed E-state index contributed by atoms with van der Waals surface area (Å²) in [6, 6.07) is 13.9. The van der Waals surface area contributed by atoms with Crippen molar-refractivity contribution in [3.8, 4) is 0 Å². The Morgan fingerprint density at radius 3 is 2.20 bits per heavy atom. The van der Waals surface area contributed by atoms with Crippen LogP contribution in [0.25, 0.3) is 0 Å². The van der Waals surface area contributed by atoms with Gasteiger partial charge in [0, 0.05) is 61.6 Å². The molecule has 1 fully saturated rings. The summed E-state index contributed by atoms with van der Waals surface area (Å²) in [7, 11) is 0. The van der Waals surface area contributed by atoms with E-state index < -0.39 is 17.6 Å². The van der Waals surface area contributed by atoms with E-state index in [-0.39, 0.29) is 10.8 Å². The standard InChI is InChI=1S/C25H21ClF4N4O/c26-22-15-18(25(28,29)30)16-32-24(22)34-13-11-33(12-14-34)21-7-5-20(6-8-21)31-10-9-23(35)17-1-3-19(27)4-2-17/h1-10,15-16,31H,11-14H2/b10-9+. The Bertz CT molecular complexity index is 1210. The predicted octanol–water partition coefficient (Wildman–Crippen LogP) is 6.03. The summed E-state index contributed by atoms with van der Waals surface area (Å²) < 4.78 is 51.5. The Morgan fingerprint density at radius 1 is 0.971 bits per heavy atom. The van der Waals surface area contributed by atoms with E-state index in [0.717, 1.165) is 23.6 Å². The Morgan fingerprint density at radius 2 is 1.60 bits per heavy atom. The largest absolute Gasteiger partial charge is 0.417 e. The smallest absolute Gasteiger partial charge is 0.368 e. The molecule has 2 heterocycles. The van der Waals surface area contributed by atoms with Crippen molar-refractivity contribution in [2.75, 3.05) is 41.3 Å². The van der Waals surface area contributed by atoms with Crippen LogP contribution in [-0.2, 0) is 6.18 Å². The Balaban J connectivity index is 1.30. The quantitative estimate of drug-likeness (QED) is 0.252. The number of piperazine rings is 1.